The van der Waals surface area contributed by atoms with Gasteiger partial charge in [-0.2, -0.15) is 0 Å². The van der Waals surface area contributed by atoms with Gasteiger partial charge in [-0.05, 0) is 50.2 Å². The van der Waals surface area contributed by atoms with Crippen molar-refractivity contribution in [2.75, 3.05) is 23.8 Å². The Hall–Kier alpha value is -2.76. The van der Waals surface area contributed by atoms with Crippen molar-refractivity contribution in [2.45, 2.75) is 13.8 Å². The van der Waals surface area contributed by atoms with Gasteiger partial charge < -0.3 is 14.8 Å². The van der Waals surface area contributed by atoms with Gasteiger partial charge in [0.15, 0.2) is 0 Å². The highest BCUT2D eigenvalue weighted by Crippen LogP contribution is 2.20. The number of hydrogen-bond acceptors (Lipinski definition) is 5. The zero-order chi connectivity index (χ0) is 15.8. The Labute approximate surface area is 129 Å². The number of carbonyl (C=O) groups excluding carboxylic acids is 1. The lowest BCUT2D eigenvalue weighted by Gasteiger charge is -2.09. The van der Waals surface area contributed by atoms with Crippen molar-refractivity contribution in [1.82, 2.24) is 4.98 Å². The number of ether oxygens (including phenoxy) is 2. The van der Waals surface area contributed by atoms with Gasteiger partial charge in [0.25, 0.3) is 0 Å². The molecule has 0 aliphatic rings. The summed E-state index contributed by atoms with van der Waals surface area (Å²) in [4.78, 5) is 15.4. The first-order valence-corrected chi connectivity index (χ1v) is 7.11. The van der Waals surface area contributed by atoms with E-state index in [0.717, 1.165) is 17.1 Å². The summed E-state index contributed by atoms with van der Waals surface area (Å²) < 4.78 is 10.2. The van der Waals surface area contributed by atoms with Gasteiger partial charge in [-0.15, -0.1) is 0 Å². The average Bonchev–Trinajstić information content (AvgIpc) is 2.52. The molecule has 22 heavy (non-hydrogen) atoms. The monoisotopic (exact) mass is 301 g/mol. The molecule has 0 saturated carbocycles. The number of rotatable bonds is 6. The maximum absolute atomic E-state index is 11.3. The molecular weight excluding hydrogens is 282 g/mol. The number of pyridine rings is 1. The first kappa shape index (κ1) is 15.6. The Morgan fingerprint density at radius 1 is 1.05 bits per heavy atom. The highest BCUT2D eigenvalue weighted by molar-refractivity contribution is 5.83. The van der Waals surface area contributed by atoms with Gasteiger partial charge in [-0.1, -0.05) is 0 Å². The number of anilines is 3. The zero-order valence-electron chi connectivity index (χ0n) is 12.6. The van der Waals surface area contributed by atoms with E-state index in [4.69, 9.17) is 9.47 Å². The van der Waals surface area contributed by atoms with E-state index in [1.54, 1.807) is 19.2 Å². The number of nitrogens with one attached hydrogen (secondary N) is 2. The smallest absolute Gasteiger partial charge is 0.412 e. The van der Waals surface area contributed by atoms with E-state index in [0.29, 0.717) is 19.0 Å². The standard InChI is InChI=1S/C16H19N3O3/c1-3-21-14-8-5-12(6-9-14)18-13-7-10-15(17-11-13)19-16(20)22-4-2/h5-11,18H,3-4H2,1-2H3,(H,17,19,20). The predicted molar refractivity (Wildman–Crippen MR) is 85.8 cm³/mol. The predicted octanol–water partition coefficient (Wildman–Crippen LogP) is 3.79. The third-order valence-corrected chi connectivity index (χ3v) is 2.72. The lowest BCUT2D eigenvalue weighted by atomic mass is 10.3. The lowest BCUT2D eigenvalue weighted by Crippen LogP contribution is -2.14. The molecule has 0 unspecified atom stereocenters. The number of carbonyl (C=O) groups is 1. The molecule has 6 nitrogen and oxygen atoms in total. The molecule has 0 bridgehead atoms. The summed E-state index contributed by atoms with van der Waals surface area (Å²) in [6.45, 7) is 4.66. The molecule has 1 aromatic carbocycles. The first-order chi connectivity index (χ1) is 10.7. The van der Waals surface area contributed by atoms with Gasteiger partial charge in [-0.3, -0.25) is 5.32 Å². The first-order valence-electron chi connectivity index (χ1n) is 7.11. The van der Waals surface area contributed by atoms with Crippen LogP contribution in [0, 0.1) is 0 Å². The van der Waals surface area contributed by atoms with Crippen LogP contribution in [0.4, 0.5) is 22.0 Å². The molecule has 1 amide bonds. The van der Waals surface area contributed by atoms with E-state index in [1.807, 2.05) is 37.3 Å². The van der Waals surface area contributed by atoms with Gasteiger partial charge in [0.2, 0.25) is 0 Å². The quantitative estimate of drug-likeness (QED) is 0.849. The fourth-order valence-corrected chi connectivity index (χ4v) is 1.78. The topological polar surface area (TPSA) is 72.5 Å². The minimum Gasteiger partial charge on any atom is -0.494 e. The van der Waals surface area contributed by atoms with E-state index in [1.165, 1.54) is 0 Å². The fourth-order valence-electron chi connectivity index (χ4n) is 1.78. The summed E-state index contributed by atoms with van der Waals surface area (Å²) in [6, 6.07) is 11.2. The van der Waals surface area contributed by atoms with Gasteiger partial charge in [0.1, 0.15) is 11.6 Å². The third kappa shape index (κ3) is 4.66. The Morgan fingerprint density at radius 3 is 2.36 bits per heavy atom. The van der Waals surface area contributed by atoms with E-state index < -0.39 is 6.09 Å². The highest BCUT2D eigenvalue weighted by Gasteiger charge is 2.03. The summed E-state index contributed by atoms with van der Waals surface area (Å²) in [5.41, 5.74) is 1.75. The Kier molecular flexibility index (Phi) is 5.59. The van der Waals surface area contributed by atoms with Gasteiger partial charge in [0, 0.05) is 5.69 Å². The van der Waals surface area contributed by atoms with Crippen LogP contribution < -0.4 is 15.4 Å². The number of amides is 1. The third-order valence-electron chi connectivity index (χ3n) is 2.72. The van der Waals surface area contributed by atoms with Gasteiger partial charge in [-0.25, -0.2) is 9.78 Å². The molecule has 1 heterocycles. The molecule has 0 atom stereocenters. The summed E-state index contributed by atoms with van der Waals surface area (Å²) >= 11 is 0. The minimum atomic E-state index is -0.512. The van der Waals surface area contributed by atoms with Crippen LogP contribution in [0.3, 0.4) is 0 Å². The van der Waals surface area contributed by atoms with Crippen LogP contribution in [0.2, 0.25) is 0 Å². The van der Waals surface area contributed by atoms with E-state index in [-0.39, 0.29) is 0 Å². The fraction of sp³-hybridized carbons (Fsp3) is 0.250. The maximum Gasteiger partial charge on any atom is 0.412 e. The van der Waals surface area contributed by atoms with Gasteiger partial charge >= 0.3 is 6.09 Å². The lowest BCUT2D eigenvalue weighted by molar-refractivity contribution is 0.168. The number of aromatic nitrogens is 1. The van der Waals surface area contributed by atoms with Crippen LogP contribution in [0.15, 0.2) is 42.6 Å². The largest absolute Gasteiger partial charge is 0.494 e. The Morgan fingerprint density at radius 2 is 1.77 bits per heavy atom. The number of nitrogens with zero attached hydrogens (tertiary/aromatic N) is 1. The van der Waals surface area contributed by atoms with Crippen LogP contribution in [-0.2, 0) is 4.74 Å². The molecule has 116 valence electrons. The van der Waals surface area contributed by atoms with E-state index in [9.17, 15) is 4.79 Å². The summed E-state index contributed by atoms with van der Waals surface area (Å²) in [7, 11) is 0. The van der Waals surface area contributed by atoms with Crippen molar-refractivity contribution in [1.29, 1.82) is 0 Å². The maximum atomic E-state index is 11.3. The molecule has 2 N–H and O–H groups in total. The van der Waals surface area contributed by atoms with E-state index >= 15 is 0 Å². The molecule has 0 radical (unpaired) electrons. The second-order valence-corrected chi connectivity index (χ2v) is 4.36. The molecule has 0 fully saturated rings. The molecule has 2 aromatic rings. The summed E-state index contributed by atoms with van der Waals surface area (Å²) in [5, 5.41) is 5.76. The number of hydrogen-bond donors (Lipinski definition) is 2. The average molecular weight is 301 g/mol. The minimum absolute atomic E-state index is 0.323. The second-order valence-electron chi connectivity index (χ2n) is 4.36. The summed E-state index contributed by atoms with van der Waals surface area (Å²) in [5.74, 6) is 1.27. The van der Waals surface area contributed by atoms with Gasteiger partial charge in [0.05, 0.1) is 25.1 Å². The second kappa shape index (κ2) is 7.87. The Bertz CT molecular complexity index is 597. The zero-order valence-corrected chi connectivity index (χ0v) is 12.6. The molecule has 0 aliphatic heterocycles. The molecule has 1 aromatic heterocycles. The van der Waals surface area contributed by atoms with Crippen LogP contribution >= 0.6 is 0 Å². The normalized spacial score (nSPS) is 9.91. The molecule has 0 saturated heterocycles. The highest BCUT2D eigenvalue weighted by atomic mass is 16.5. The van der Waals surface area contributed by atoms with Crippen molar-refractivity contribution in [3.63, 3.8) is 0 Å². The molecule has 6 heteroatoms. The summed E-state index contributed by atoms with van der Waals surface area (Å²) in [6.07, 6.45) is 1.13. The van der Waals surface area contributed by atoms with Crippen molar-refractivity contribution >= 4 is 23.3 Å². The molecule has 2 rings (SSSR count). The van der Waals surface area contributed by atoms with Crippen molar-refractivity contribution < 1.29 is 14.3 Å². The SMILES string of the molecule is CCOC(=O)Nc1ccc(Nc2ccc(OCC)cc2)cn1. The van der Waals surface area contributed by atoms with E-state index in [2.05, 4.69) is 15.6 Å². The van der Waals surface area contributed by atoms with Crippen molar-refractivity contribution in [3.05, 3.63) is 42.6 Å². The molecule has 0 spiro atoms. The molecule has 0 aliphatic carbocycles. The van der Waals surface area contributed by atoms with Crippen molar-refractivity contribution in [2.24, 2.45) is 0 Å². The molecular formula is C16H19N3O3. The van der Waals surface area contributed by atoms with Crippen LogP contribution in [0.25, 0.3) is 0 Å². The van der Waals surface area contributed by atoms with Crippen LogP contribution in [-0.4, -0.2) is 24.3 Å². The Balaban J connectivity index is 1.94. The number of benzene rings is 1. The van der Waals surface area contributed by atoms with Crippen molar-refractivity contribution in [3.8, 4) is 5.75 Å². The van der Waals surface area contributed by atoms with Crippen LogP contribution in [0.1, 0.15) is 13.8 Å². The van der Waals surface area contributed by atoms with Crippen LogP contribution in [0.5, 0.6) is 5.75 Å².